The molecule has 0 aliphatic carbocycles. The summed E-state index contributed by atoms with van der Waals surface area (Å²) >= 11 is 6.32. The number of ether oxygens (including phenoxy) is 1. The molecule has 3 amide bonds. The van der Waals surface area contributed by atoms with Gasteiger partial charge in [-0.05, 0) is 57.9 Å². The first-order valence-corrected chi connectivity index (χ1v) is 13.8. The lowest BCUT2D eigenvalue weighted by atomic mass is 10.0. The minimum atomic E-state index is -0.437. The van der Waals surface area contributed by atoms with E-state index < -0.39 is 6.04 Å². The Labute approximate surface area is 240 Å². The maximum absolute atomic E-state index is 13.0. The summed E-state index contributed by atoms with van der Waals surface area (Å²) < 4.78 is 7.67. The third kappa shape index (κ3) is 8.32. The Kier molecular flexibility index (Phi) is 10.7. The summed E-state index contributed by atoms with van der Waals surface area (Å²) in [4.78, 5) is 41.5. The maximum Gasteiger partial charge on any atom is 0.251 e. The molecule has 1 heterocycles. The lowest BCUT2D eigenvalue weighted by Crippen LogP contribution is -2.40. The Bertz CT molecular complexity index is 1340. The third-order valence-corrected chi connectivity index (χ3v) is 6.58. The topological polar surface area (TPSA) is 114 Å². The van der Waals surface area contributed by atoms with Gasteiger partial charge in [-0.3, -0.25) is 14.4 Å². The predicted octanol–water partition coefficient (Wildman–Crippen LogP) is 4.68. The summed E-state index contributed by atoms with van der Waals surface area (Å²) in [7, 11) is 1.57. The van der Waals surface area contributed by atoms with Crippen LogP contribution in [0.5, 0.6) is 5.75 Å². The van der Waals surface area contributed by atoms with Gasteiger partial charge in [0.2, 0.25) is 11.8 Å². The Hall–Kier alpha value is -3.85. The molecule has 0 aliphatic heterocycles. The van der Waals surface area contributed by atoms with Gasteiger partial charge >= 0.3 is 0 Å². The zero-order chi connectivity index (χ0) is 29.4. The van der Waals surface area contributed by atoms with Crippen molar-refractivity contribution in [3.8, 4) is 17.0 Å². The molecule has 0 fully saturated rings. The van der Waals surface area contributed by atoms with Crippen LogP contribution in [0.4, 0.5) is 0 Å². The van der Waals surface area contributed by atoms with E-state index in [1.165, 1.54) is 6.92 Å². The number of aromatic nitrogens is 2. The number of amides is 3. The van der Waals surface area contributed by atoms with Crippen LogP contribution >= 0.6 is 11.6 Å². The smallest absolute Gasteiger partial charge is 0.251 e. The number of nitrogens with one attached hydrogen (secondary N) is 3. The molecule has 0 saturated heterocycles. The number of imidazole rings is 1. The molecule has 2 atom stereocenters. The van der Waals surface area contributed by atoms with E-state index in [0.29, 0.717) is 22.8 Å². The van der Waals surface area contributed by atoms with E-state index in [1.54, 1.807) is 25.2 Å². The average Bonchev–Trinajstić information content (AvgIpc) is 3.34. The second kappa shape index (κ2) is 14.0. The molecular formula is C30H38ClN5O4. The first-order valence-electron chi connectivity index (χ1n) is 13.4. The minimum absolute atomic E-state index is 0.0443. The SMILES string of the molecule is CCn1cc(-c2ccc(CC(CC(=O)NC)NC(=O)c3ccc(OC(C)C)c(Cl)c3)cc2)nc1C(C)NC(C)=O. The maximum atomic E-state index is 13.0. The van der Waals surface area contributed by atoms with Crippen molar-refractivity contribution in [3.63, 3.8) is 0 Å². The zero-order valence-electron chi connectivity index (χ0n) is 23.9. The molecule has 10 heteroatoms. The van der Waals surface area contributed by atoms with Gasteiger partial charge in [-0.1, -0.05) is 35.9 Å². The highest BCUT2D eigenvalue weighted by atomic mass is 35.5. The van der Waals surface area contributed by atoms with Crippen LogP contribution in [0.15, 0.2) is 48.7 Å². The number of hydrogen-bond donors (Lipinski definition) is 3. The van der Waals surface area contributed by atoms with Crippen molar-refractivity contribution in [1.29, 1.82) is 0 Å². The Morgan fingerprint density at radius 2 is 1.75 bits per heavy atom. The predicted molar refractivity (Wildman–Crippen MR) is 156 cm³/mol. The molecule has 40 heavy (non-hydrogen) atoms. The summed E-state index contributed by atoms with van der Waals surface area (Å²) in [6, 6.07) is 12.1. The monoisotopic (exact) mass is 567 g/mol. The number of rotatable bonds is 12. The molecule has 214 valence electrons. The van der Waals surface area contributed by atoms with Crippen LogP contribution in [0.3, 0.4) is 0 Å². The van der Waals surface area contributed by atoms with E-state index in [1.807, 2.05) is 62.7 Å². The largest absolute Gasteiger partial charge is 0.489 e. The molecule has 0 bridgehead atoms. The third-order valence-electron chi connectivity index (χ3n) is 6.29. The molecule has 0 radical (unpaired) electrons. The van der Waals surface area contributed by atoms with Crippen molar-refractivity contribution in [2.45, 2.75) is 72.2 Å². The highest BCUT2D eigenvalue weighted by Gasteiger charge is 2.20. The summed E-state index contributed by atoms with van der Waals surface area (Å²) in [5.74, 6) is 0.688. The average molecular weight is 568 g/mol. The summed E-state index contributed by atoms with van der Waals surface area (Å²) in [6.07, 6.45) is 2.50. The molecule has 0 aliphatic rings. The van der Waals surface area contributed by atoms with Crippen LogP contribution in [0, 0.1) is 0 Å². The van der Waals surface area contributed by atoms with E-state index >= 15 is 0 Å². The summed E-state index contributed by atoms with van der Waals surface area (Å²) in [6.45, 7) is 9.95. The lowest BCUT2D eigenvalue weighted by molar-refractivity contribution is -0.121. The van der Waals surface area contributed by atoms with Crippen molar-refractivity contribution in [3.05, 3.63) is 70.6 Å². The second-order valence-corrected chi connectivity index (χ2v) is 10.4. The molecule has 0 spiro atoms. The van der Waals surface area contributed by atoms with E-state index in [9.17, 15) is 14.4 Å². The van der Waals surface area contributed by atoms with Crippen LogP contribution in [0.1, 0.15) is 68.8 Å². The van der Waals surface area contributed by atoms with Crippen molar-refractivity contribution in [2.24, 2.45) is 0 Å². The van der Waals surface area contributed by atoms with Crippen molar-refractivity contribution in [2.75, 3.05) is 7.05 Å². The molecule has 3 N–H and O–H groups in total. The summed E-state index contributed by atoms with van der Waals surface area (Å²) in [5.41, 5.74) is 3.07. The van der Waals surface area contributed by atoms with Gasteiger partial charge in [-0.25, -0.2) is 4.98 Å². The fourth-order valence-corrected chi connectivity index (χ4v) is 4.62. The first-order chi connectivity index (χ1) is 19.0. The van der Waals surface area contributed by atoms with Crippen molar-refractivity contribution in [1.82, 2.24) is 25.5 Å². The Morgan fingerprint density at radius 1 is 1.05 bits per heavy atom. The zero-order valence-corrected chi connectivity index (χ0v) is 24.6. The highest BCUT2D eigenvalue weighted by Crippen LogP contribution is 2.27. The molecule has 9 nitrogen and oxygen atoms in total. The van der Waals surface area contributed by atoms with Crippen LogP contribution in [0.25, 0.3) is 11.3 Å². The van der Waals surface area contributed by atoms with Crippen LogP contribution in [-0.4, -0.2) is 46.5 Å². The van der Waals surface area contributed by atoms with Crippen LogP contribution < -0.4 is 20.7 Å². The standard InChI is InChI=1S/C30H38ClN5O4/c1-7-36-17-26(35-29(36)19(4)33-20(5)37)22-10-8-21(9-11-22)14-24(16-28(38)32-6)34-30(39)23-12-13-27(25(31)15-23)40-18(2)3/h8-13,15,17-19,24H,7,14,16H2,1-6H3,(H,32,38)(H,33,37)(H,34,39). The van der Waals surface area contributed by atoms with Gasteiger partial charge < -0.3 is 25.3 Å². The Morgan fingerprint density at radius 3 is 2.33 bits per heavy atom. The molecule has 2 aromatic carbocycles. The normalized spacial score (nSPS) is 12.5. The van der Waals surface area contributed by atoms with Gasteiger partial charge in [0.25, 0.3) is 5.91 Å². The summed E-state index contributed by atoms with van der Waals surface area (Å²) in [5, 5.41) is 8.84. The van der Waals surface area contributed by atoms with Gasteiger partial charge in [0, 0.05) is 50.3 Å². The van der Waals surface area contributed by atoms with Crippen molar-refractivity contribution < 1.29 is 19.1 Å². The van der Waals surface area contributed by atoms with E-state index in [4.69, 9.17) is 21.3 Å². The first kappa shape index (κ1) is 30.7. The van der Waals surface area contributed by atoms with Crippen LogP contribution in [0.2, 0.25) is 5.02 Å². The number of carbonyl (C=O) groups excluding carboxylic acids is 3. The Balaban J connectivity index is 1.76. The lowest BCUT2D eigenvalue weighted by Gasteiger charge is -2.19. The number of hydrogen-bond acceptors (Lipinski definition) is 5. The minimum Gasteiger partial charge on any atom is -0.489 e. The molecular weight excluding hydrogens is 530 g/mol. The quantitative estimate of drug-likeness (QED) is 0.294. The number of carbonyl (C=O) groups is 3. The molecule has 2 unspecified atom stereocenters. The fraction of sp³-hybridized carbons (Fsp3) is 0.400. The van der Waals surface area contributed by atoms with E-state index in [0.717, 1.165) is 29.2 Å². The van der Waals surface area contributed by atoms with Gasteiger partial charge in [-0.15, -0.1) is 0 Å². The highest BCUT2D eigenvalue weighted by molar-refractivity contribution is 6.32. The van der Waals surface area contributed by atoms with Gasteiger partial charge in [0.05, 0.1) is 22.9 Å². The molecule has 0 saturated carbocycles. The van der Waals surface area contributed by atoms with Gasteiger partial charge in [0.15, 0.2) is 0 Å². The molecule has 3 rings (SSSR count). The van der Waals surface area contributed by atoms with Crippen LogP contribution in [-0.2, 0) is 22.6 Å². The van der Waals surface area contributed by atoms with Gasteiger partial charge in [0.1, 0.15) is 11.6 Å². The van der Waals surface area contributed by atoms with Gasteiger partial charge in [-0.2, -0.15) is 0 Å². The fourth-order valence-electron chi connectivity index (χ4n) is 4.39. The number of benzene rings is 2. The number of halogens is 1. The number of nitrogens with zero attached hydrogens (tertiary/aromatic N) is 2. The second-order valence-electron chi connectivity index (χ2n) is 9.95. The van der Waals surface area contributed by atoms with Crippen molar-refractivity contribution >= 4 is 29.3 Å². The number of aryl methyl sites for hydroxylation is 1. The molecule has 1 aromatic heterocycles. The van der Waals surface area contributed by atoms with E-state index in [-0.39, 0.29) is 36.3 Å². The molecule has 3 aromatic rings. The van der Waals surface area contributed by atoms with E-state index in [2.05, 4.69) is 16.0 Å².